The number of nitrogens with zero attached hydrogens (tertiary/aromatic N) is 3. The minimum Gasteiger partial charge on any atom is -0.478 e. The van der Waals surface area contributed by atoms with E-state index in [2.05, 4.69) is 26.0 Å². The van der Waals surface area contributed by atoms with E-state index in [0.717, 1.165) is 10.0 Å². The van der Waals surface area contributed by atoms with Crippen LogP contribution in [0.5, 0.6) is 0 Å². The van der Waals surface area contributed by atoms with Gasteiger partial charge in [-0.25, -0.2) is 4.79 Å². The SMILES string of the molecule is Cc1cc(Br)ccc1/C=C(\N=[N+]=[N-])C(=O)O. The third-order valence-corrected chi connectivity index (χ3v) is 2.39. The van der Waals surface area contributed by atoms with Gasteiger partial charge in [-0.15, -0.1) is 0 Å². The molecule has 0 unspecified atom stereocenters. The van der Waals surface area contributed by atoms with Crippen molar-refractivity contribution in [1.82, 2.24) is 0 Å². The average molecular weight is 282 g/mol. The van der Waals surface area contributed by atoms with E-state index in [4.69, 9.17) is 10.6 Å². The molecule has 1 rings (SSSR count). The van der Waals surface area contributed by atoms with E-state index in [1.807, 2.05) is 13.0 Å². The molecular formula is C10H8BrN3O2. The number of hydrogen-bond donors (Lipinski definition) is 1. The largest absolute Gasteiger partial charge is 0.478 e. The van der Waals surface area contributed by atoms with Crippen molar-refractivity contribution < 1.29 is 9.90 Å². The zero-order valence-corrected chi connectivity index (χ0v) is 9.97. The van der Waals surface area contributed by atoms with Crippen LogP contribution < -0.4 is 0 Å². The van der Waals surface area contributed by atoms with Gasteiger partial charge in [0.1, 0.15) is 5.70 Å². The first kappa shape index (κ1) is 12.3. The lowest BCUT2D eigenvalue weighted by Gasteiger charge is -2.01. The van der Waals surface area contributed by atoms with Crippen molar-refractivity contribution in [2.75, 3.05) is 0 Å². The summed E-state index contributed by atoms with van der Waals surface area (Å²) in [7, 11) is 0. The Morgan fingerprint density at radius 3 is 2.81 bits per heavy atom. The highest BCUT2D eigenvalue weighted by Crippen LogP contribution is 2.18. The average Bonchev–Trinajstić information content (AvgIpc) is 2.20. The summed E-state index contributed by atoms with van der Waals surface area (Å²) in [6.07, 6.45) is 1.34. The van der Waals surface area contributed by atoms with Crippen LogP contribution in [0.1, 0.15) is 11.1 Å². The van der Waals surface area contributed by atoms with E-state index in [1.165, 1.54) is 6.08 Å². The fourth-order valence-corrected chi connectivity index (χ4v) is 1.61. The van der Waals surface area contributed by atoms with Crippen molar-refractivity contribution in [1.29, 1.82) is 0 Å². The molecule has 0 heterocycles. The van der Waals surface area contributed by atoms with Gasteiger partial charge in [0, 0.05) is 9.38 Å². The lowest BCUT2D eigenvalue weighted by atomic mass is 10.1. The molecule has 0 bridgehead atoms. The second kappa shape index (κ2) is 5.34. The molecule has 0 atom stereocenters. The number of benzene rings is 1. The lowest BCUT2D eigenvalue weighted by Crippen LogP contribution is -1.97. The molecule has 0 spiro atoms. The first-order chi connectivity index (χ1) is 7.54. The molecule has 0 aliphatic heterocycles. The smallest absolute Gasteiger partial charge is 0.338 e. The van der Waals surface area contributed by atoms with Crippen LogP contribution >= 0.6 is 15.9 Å². The molecule has 5 nitrogen and oxygen atoms in total. The van der Waals surface area contributed by atoms with E-state index >= 15 is 0 Å². The summed E-state index contributed by atoms with van der Waals surface area (Å²) in [6.45, 7) is 1.84. The van der Waals surface area contributed by atoms with Crippen LogP contribution in [0.15, 0.2) is 33.5 Å². The molecule has 0 aliphatic rings. The highest BCUT2D eigenvalue weighted by Gasteiger charge is 2.05. The van der Waals surface area contributed by atoms with Gasteiger partial charge in [0.2, 0.25) is 0 Å². The van der Waals surface area contributed by atoms with Gasteiger partial charge < -0.3 is 5.11 Å². The molecule has 1 aromatic rings. The monoisotopic (exact) mass is 281 g/mol. The Kier molecular flexibility index (Phi) is 4.10. The highest BCUT2D eigenvalue weighted by atomic mass is 79.9. The van der Waals surface area contributed by atoms with Gasteiger partial charge in [0.15, 0.2) is 0 Å². The molecule has 82 valence electrons. The maximum Gasteiger partial charge on any atom is 0.338 e. The van der Waals surface area contributed by atoms with E-state index in [9.17, 15) is 4.79 Å². The molecule has 0 fully saturated rings. The summed E-state index contributed by atoms with van der Waals surface area (Å²) in [5, 5.41) is 11.9. The number of carboxylic acid groups (broad SMARTS) is 1. The number of aryl methyl sites for hydroxylation is 1. The minimum atomic E-state index is -1.25. The van der Waals surface area contributed by atoms with Crippen LogP contribution in [0, 0.1) is 6.92 Å². The van der Waals surface area contributed by atoms with Crippen molar-refractivity contribution in [3.05, 3.63) is 49.9 Å². The van der Waals surface area contributed by atoms with Gasteiger partial charge in [0.05, 0.1) is 0 Å². The fourth-order valence-electron chi connectivity index (χ4n) is 1.13. The molecule has 0 aliphatic carbocycles. The lowest BCUT2D eigenvalue weighted by molar-refractivity contribution is -0.132. The molecule has 0 saturated carbocycles. The van der Waals surface area contributed by atoms with Gasteiger partial charge in [-0.3, -0.25) is 0 Å². The summed E-state index contributed by atoms with van der Waals surface area (Å²) in [5.41, 5.74) is 9.49. The first-order valence-electron chi connectivity index (χ1n) is 4.31. The van der Waals surface area contributed by atoms with Crippen LogP contribution in [0.2, 0.25) is 0 Å². The summed E-state index contributed by atoms with van der Waals surface area (Å²) in [6, 6.07) is 5.38. The molecule has 16 heavy (non-hydrogen) atoms. The van der Waals surface area contributed by atoms with Gasteiger partial charge in [-0.2, -0.15) is 0 Å². The quantitative estimate of drug-likeness (QED) is 0.398. The minimum absolute atomic E-state index is 0.326. The standard InChI is InChI=1S/C10H8BrN3O2/c1-6-4-8(11)3-2-7(6)5-9(10(15)16)13-14-12/h2-5H,1H3,(H,15,16)/b9-5-. The van der Waals surface area contributed by atoms with Crippen molar-refractivity contribution in [2.24, 2.45) is 5.11 Å². The van der Waals surface area contributed by atoms with Gasteiger partial charge in [0.25, 0.3) is 0 Å². The Hall–Kier alpha value is -1.78. The zero-order valence-electron chi connectivity index (χ0n) is 8.38. The third-order valence-electron chi connectivity index (χ3n) is 1.90. The Labute approximate surface area is 100 Å². The predicted octanol–water partition coefficient (Wildman–Crippen LogP) is 3.49. The highest BCUT2D eigenvalue weighted by molar-refractivity contribution is 9.10. The molecule has 6 heteroatoms. The number of aliphatic carboxylic acids is 1. The molecule has 1 aromatic carbocycles. The number of carbonyl (C=O) groups is 1. The fraction of sp³-hybridized carbons (Fsp3) is 0.100. The maximum atomic E-state index is 10.7. The van der Waals surface area contributed by atoms with Crippen molar-refractivity contribution in [3.8, 4) is 0 Å². The zero-order chi connectivity index (χ0) is 12.1. The van der Waals surface area contributed by atoms with E-state index in [1.54, 1.807) is 12.1 Å². The van der Waals surface area contributed by atoms with E-state index < -0.39 is 5.97 Å². The van der Waals surface area contributed by atoms with E-state index in [-0.39, 0.29) is 5.70 Å². The summed E-state index contributed by atoms with van der Waals surface area (Å²) >= 11 is 3.30. The number of hydrogen-bond acceptors (Lipinski definition) is 2. The molecule has 1 N–H and O–H groups in total. The normalized spacial score (nSPS) is 10.8. The van der Waals surface area contributed by atoms with Gasteiger partial charge in [-0.05, 0) is 41.8 Å². The van der Waals surface area contributed by atoms with Crippen LogP contribution in [0.4, 0.5) is 0 Å². The van der Waals surface area contributed by atoms with Crippen molar-refractivity contribution in [2.45, 2.75) is 6.92 Å². The Balaban J connectivity index is 3.23. The van der Waals surface area contributed by atoms with Crippen molar-refractivity contribution >= 4 is 28.0 Å². The van der Waals surface area contributed by atoms with Gasteiger partial charge in [-0.1, -0.05) is 27.1 Å². The second-order valence-electron chi connectivity index (χ2n) is 3.03. The molecule has 0 saturated heterocycles. The predicted molar refractivity (Wildman–Crippen MR) is 63.6 cm³/mol. The topological polar surface area (TPSA) is 86.1 Å². The third kappa shape index (κ3) is 3.12. The van der Waals surface area contributed by atoms with Crippen molar-refractivity contribution in [3.63, 3.8) is 0 Å². The second-order valence-corrected chi connectivity index (χ2v) is 3.94. The number of azide groups is 1. The molecule has 0 aromatic heterocycles. The Morgan fingerprint density at radius 2 is 2.31 bits per heavy atom. The number of halogens is 1. The number of rotatable bonds is 3. The number of carboxylic acids is 1. The first-order valence-corrected chi connectivity index (χ1v) is 5.10. The van der Waals surface area contributed by atoms with Gasteiger partial charge >= 0.3 is 5.97 Å². The molecular weight excluding hydrogens is 274 g/mol. The van der Waals surface area contributed by atoms with Crippen LogP contribution in [0.25, 0.3) is 16.5 Å². The Bertz CT molecular complexity index is 501. The summed E-state index contributed by atoms with van der Waals surface area (Å²) in [5.74, 6) is -1.25. The summed E-state index contributed by atoms with van der Waals surface area (Å²) in [4.78, 5) is 13.2. The van der Waals surface area contributed by atoms with E-state index in [0.29, 0.717) is 5.56 Å². The maximum absolute atomic E-state index is 10.7. The summed E-state index contributed by atoms with van der Waals surface area (Å²) < 4.78 is 0.905. The molecule has 0 amide bonds. The van der Waals surface area contributed by atoms with Crippen LogP contribution in [0.3, 0.4) is 0 Å². The van der Waals surface area contributed by atoms with Crippen LogP contribution in [-0.4, -0.2) is 11.1 Å². The Morgan fingerprint density at radius 1 is 1.62 bits per heavy atom. The van der Waals surface area contributed by atoms with Crippen LogP contribution in [-0.2, 0) is 4.79 Å². The molecule has 0 radical (unpaired) electrons.